The van der Waals surface area contributed by atoms with E-state index in [-0.39, 0.29) is 19.1 Å². The van der Waals surface area contributed by atoms with Crippen molar-refractivity contribution >= 4 is 0 Å². The summed E-state index contributed by atoms with van der Waals surface area (Å²) >= 11 is 0. The molecule has 0 aromatic carbocycles. The first-order valence-corrected chi connectivity index (χ1v) is 5.67. The maximum Gasteiger partial charge on any atom is 0.330 e. The number of aryl methyl sites for hydroxylation is 1. The first kappa shape index (κ1) is 13.3. The summed E-state index contributed by atoms with van der Waals surface area (Å²) in [7, 11) is 0. The minimum absolute atomic E-state index is 0.176. The second-order valence-electron chi connectivity index (χ2n) is 4.34. The second-order valence-corrected chi connectivity index (χ2v) is 4.34. The Morgan fingerprint density at radius 1 is 1.68 bits per heavy atom. The molecule has 102 valence electrons. The quantitative estimate of drug-likeness (QED) is 0.440. The van der Waals surface area contributed by atoms with E-state index in [9.17, 15) is 14.7 Å². The molecule has 0 saturated carbocycles. The molecule has 0 bridgehead atoms. The molecule has 2 heterocycles. The fourth-order valence-electron chi connectivity index (χ4n) is 2.04. The highest BCUT2D eigenvalue weighted by molar-refractivity contribution is 5.03. The van der Waals surface area contributed by atoms with Gasteiger partial charge in [-0.3, -0.25) is 14.3 Å². The van der Waals surface area contributed by atoms with Gasteiger partial charge in [-0.15, -0.1) is 0 Å². The van der Waals surface area contributed by atoms with E-state index < -0.39 is 23.5 Å². The van der Waals surface area contributed by atoms with Gasteiger partial charge >= 0.3 is 5.69 Å². The summed E-state index contributed by atoms with van der Waals surface area (Å²) in [5, 5.41) is 12.8. The molecule has 0 radical (unpaired) electrons. The monoisotopic (exact) mass is 267 g/mol. The van der Waals surface area contributed by atoms with E-state index in [1.165, 1.54) is 10.8 Å². The Bertz CT molecular complexity index is 630. The van der Waals surface area contributed by atoms with E-state index >= 15 is 0 Å². The van der Waals surface area contributed by atoms with Gasteiger partial charge in [0.15, 0.2) is 0 Å². The lowest BCUT2D eigenvalue weighted by atomic mass is 10.0. The molecular formula is C10H13N5O4. The number of aliphatic hydroxyl groups excluding tert-OH is 1. The number of aliphatic hydroxyl groups is 1. The summed E-state index contributed by atoms with van der Waals surface area (Å²) in [6, 6.07) is -0.696. The van der Waals surface area contributed by atoms with Gasteiger partial charge in [0, 0.05) is 29.2 Å². The molecule has 1 aromatic heterocycles. The summed E-state index contributed by atoms with van der Waals surface area (Å²) in [6.45, 7) is 1.52. The molecular weight excluding hydrogens is 254 g/mol. The highest BCUT2D eigenvalue weighted by Crippen LogP contribution is 2.30. The molecule has 0 unspecified atom stereocenters. The Labute approximate surface area is 107 Å². The predicted molar refractivity (Wildman–Crippen MR) is 64.6 cm³/mol. The normalized spacial score (nSPS) is 26.1. The second kappa shape index (κ2) is 5.27. The third-order valence-electron chi connectivity index (χ3n) is 3.10. The van der Waals surface area contributed by atoms with Crippen LogP contribution in [0, 0.1) is 12.8 Å². The minimum Gasteiger partial charge on any atom is -0.396 e. The third-order valence-corrected chi connectivity index (χ3v) is 3.10. The highest BCUT2D eigenvalue weighted by atomic mass is 16.5. The first-order chi connectivity index (χ1) is 9.08. The van der Waals surface area contributed by atoms with Crippen molar-refractivity contribution in [2.75, 3.05) is 13.2 Å². The molecule has 1 aliphatic heterocycles. The molecule has 9 heteroatoms. The van der Waals surface area contributed by atoms with Crippen molar-refractivity contribution in [3.05, 3.63) is 43.0 Å². The molecule has 1 aromatic rings. The van der Waals surface area contributed by atoms with Crippen LogP contribution in [0.2, 0.25) is 0 Å². The van der Waals surface area contributed by atoms with Gasteiger partial charge in [-0.2, -0.15) is 0 Å². The van der Waals surface area contributed by atoms with Gasteiger partial charge in [-0.05, 0) is 12.5 Å². The van der Waals surface area contributed by atoms with E-state index in [1.807, 2.05) is 0 Å². The van der Waals surface area contributed by atoms with Crippen molar-refractivity contribution in [3.63, 3.8) is 0 Å². The van der Waals surface area contributed by atoms with Crippen LogP contribution in [0.5, 0.6) is 0 Å². The maximum absolute atomic E-state index is 11.8. The highest BCUT2D eigenvalue weighted by Gasteiger charge is 2.38. The van der Waals surface area contributed by atoms with Crippen LogP contribution in [0.4, 0.5) is 0 Å². The summed E-state index contributed by atoms with van der Waals surface area (Å²) in [4.78, 5) is 27.9. The molecule has 0 spiro atoms. The molecule has 1 saturated heterocycles. The summed E-state index contributed by atoms with van der Waals surface area (Å²) in [5.74, 6) is -0.375. The summed E-state index contributed by atoms with van der Waals surface area (Å²) < 4.78 is 6.57. The van der Waals surface area contributed by atoms with Crippen LogP contribution in [-0.2, 0) is 4.74 Å². The van der Waals surface area contributed by atoms with Crippen LogP contribution in [0.3, 0.4) is 0 Å². The molecule has 3 atom stereocenters. The van der Waals surface area contributed by atoms with Crippen LogP contribution >= 0.6 is 0 Å². The zero-order valence-electron chi connectivity index (χ0n) is 10.2. The zero-order valence-corrected chi connectivity index (χ0v) is 10.2. The predicted octanol–water partition coefficient (Wildman–Crippen LogP) is -0.339. The minimum atomic E-state index is -0.823. The van der Waals surface area contributed by atoms with Crippen molar-refractivity contribution in [2.24, 2.45) is 11.0 Å². The largest absolute Gasteiger partial charge is 0.396 e. The fraction of sp³-hybridized carbons (Fsp3) is 0.600. The number of ether oxygens (including phenoxy) is 1. The first-order valence-electron chi connectivity index (χ1n) is 5.67. The Morgan fingerprint density at radius 3 is 3.05 bits per heavy atom. The van der Waals surface area contributed by atoms with Crippen molar-refractivity contribution in [1.82, 2.24) is 9.55 Å². The average Bonchev–Trinajstić information content (AvgIpc) is 2.77. The average molecular weight is 267 g/mol. The molecule has 1 fully saturated rings. The number of hydrogen-bond acceptors (Lipinski definition) is 5. The van der Waals surface area contributed by atoms with Gasteiger partial charge in [0.05, 0.1) is 12.6 Å². The van der Waals surface area contributed by atoms with Crippen LogP contribution in [0.1, 0.15) is 11.8 Å². The standard InChI is InChI=1S/C10H13N5O4/c1-5-2-15(10(18)12-8(5)17)9-7(13-14-11)6(3-16)4-19-9/h2,6-7,9,16H,3-4H2,1H3,(H,12,17,18)/t6-,7+,9+/m0/s1. The number of rotatable bonds is 3. The SMILES string of the molecule is Cc1cn([C@@H]2OC[C@H](CO)[C@H]2N=[N+]=[N-])c(=O)[nH]c1=O. The molecule has 0 amide bonds. The fourth-order valence-corrected chi connectivity index (χ4v) is 2.04. The Kier molecular flexibility index (Phi) is 3.70. The molecule has 2 rings (SSSR count). The van der Waals surface area contributed by atoms with Crippen LogP contribution < -0.4 is 11.2 Å². The molecule has 0 aliphatic carbocycles. The topological polar surface area (TPSA) is 133 Å². The lowest BCUT2D eigenvalue weighted by Gasteiger charge is -2.19. The summed E-state index contributed by atoms with van der Waals surface area (Å²) in [5.41, 5.74) is 7.78. The zero-order chi connectivity index (χ0) is 14.0. The lowest BCUT2D eigenvalue weighted by Crippen LogP contribution is -2.37. The van der Waals surface area contributed by atoms with Crippen LogP contribution in [-0.4, -0.2) is 33.9 Å². The van der Waals surface area contributed by atoms with E-state index in [1.54, 1.807) is 6.92 Å². The number of aromatic amines is 1. The van der Waals surface area contributed by atoms with Crippen molar-refractivity contribution in [3.8, 4) is 0 Å². The van der Waals surface area contributed by atoms with Gasteiger partial charge in [0.25, 0.3) is 5.56 Å². The van der Waals surface area contributed by atoms with E-state index in [0.717, 1.165) is 0 Å². The Hall–Kier alpha value is -2.09. The van der Waals surface area contributed by atoms with Gasteiger partial charge in [-0.25, -0.2) is 4.79 Å². The number of hydrogen-bond donors (Lipinski definition) is 2. The smallest absolute Gasteiger partial charge is 0.330 e. The van der Waals surface area contributed by atoms with E-state index in [2.05, 4.69) is 15.0 Å². The Balaban J connectivity index is 2.46. The van der Waals surface area contributed by atoms with E-state index in [0.29, 0.717) is 5.56 Å². The van der Waals surface area contributed by atoms with Crippen LogP contribution in [0.15, 0.2) is 20.9 Å². The lowest BCUT2D eigenvalue weighted by molar-refractivity contribution is 0.0428. The summed E-state index contributed by atoms with van der Waals surface area (Å²) in [6.07, 6.45) is 0.530. The van der Waals surface area contributed by atoms with Crippen molar-refractivity contribution < 1.29 is 9.84 Å². The number of nitrogens with zero attached hydrogens (tertiary/aromatic N) is 4. The van der Waals surface area contributed by atoms with Gasteiger partial charge in [0.2, 0.25) is 0 Å². The van der Waals surface area contributed by atoms with Gasteiger partial charge < -0.3 is 9.84 Å². The number of azide groups is 1. The van der Waals surface area contributed by atoms with Crippen LogP contribution in [0.25, 0.3) is 10.4 Å². The maximum atomic E-state index is 11.8. The number of H-pyrrole nitrogens is 1. The van der Waals surface area contributed by atoms with Gasteiger partial charge in [-0.1, -0.05) is 5.11 Å². The number of nitrogens with one attached hydrogen (secondary N) is 1. The van der Waals surface area contributed by atoms with Crippen molar-refractivity contribution in [1.29, 1.82) is 0 Å². The van der Waals surface area contributed by atoms with Crippen molar-refractivity contribution in [2.45, 2.75) is 19.2 Å². The molecule has 1 aliphatic rings. The number of aromatic nitrogens is 2. The van der Waals surface area contributed by atoms with E-state index in [4.69, 9.17) is 10.3 Å². The molecule has 2 N–H and O–H groups in total. The van der Waals surface area contributed by atoms with Gasteiger partial charge in [0.1, 0.15) is 6.23 Å². The third kappa shape index (κ3) is 2.39. The molecule has 19 heavy (non-hydrogen) atoms. The molecule has 9 nitrogen and oxygen atoms in total. The Morgan fingerprint density at radius 2 is 2.42 bits per heavy atom.